The van der Waals surface area contributed by atoms with Crippen LogP contribution in [0.2, 0.25) is 0 Å². The third-order valence-corrected chi connectivity index (χ3v) is 5.51. The van der Waals surface area contributed by atoms with E-state index < -0.39 is 12.0 Å². The fraction of sp³-hybridized carbons (Fsp3) is 0.455. The third kappa shape index (κ3) is 4.63. The van der Waals surface area contributed by atoms with Crippen molar-refractivity contribution in [3.05, 3.63) is 41.4 Å². The molecule has 33 heavy (non-hydrogen) atoms. The first-order valence-corrected chi connectivity index (χ1v) is 10.7. The molecule has 4 rings (SSSR count). The van der Waals surface area contributed by atoms with E-state index in [1.165, 1.54) is 13.4 Å². The number of benzene rings is 1. The molecule has 1 aromatic heterocycles. The number of anilines is 1. The summed E-state index contributed by atoms with van der Waals surface area (Å²) in [4.78, 5) is 31.2. The second-order valence-electron chi connectivity index (χ2n) is 7.51. The number of hydrogen-bond donors (Lipinski definition) is 1. The molecule has 0 bridgehead atoms. The van der Waals surface area contributed by atoms with Crippen LogP contribution in [0.1, 0.15) is 25.5 Å². The van der Waals surface area contributed by atoms with E-state index in [-0.39, 0.29) is 19.1 Å². The predicted molar refractivity (Wildman–Crippen MR) is 117 cm³/mol. The molecule has 176 valence electrons. The van der Waals surface area contributed by atoms with Gasteiger partial charge in [-0.25, -0.2) is 9.48 Å². The first-order valence-electron chi connectivity index (χ1n) is 10.7. The number of morpholine rings is 1. The Balaban J connectivity index is 1.60. The van der Waals surface area contributed by atoms with Crippen LogP contribution in [0.4, 0.5) is 5.95 Å². The van der Waals surface area contributed by atoms with Gasteiger partial charge in [0.25, 0.3) is 5.91 Å². The topological polar surface area (TPSA) is 117 Å². The zero-order valence-electron chi connectivity index (χ0n) is 18.9. The molecule has 1 fully saturated rings. The van der Waals surface area contributed by atoms with Gasteiger partial charge in [0.15, 0.2) is 18.1 Å². The Morgan fingerprint density at radius 2 is 2.03 bits per heavy atom. The van der Waals surface area contributed by atoms with E-state index >= 15 is 0 Å². The predicted octanol–water partition coefficient (Wildman–Crippen LogP) is 1.38. The first kappa shape index (κ1) is 22.6. The molecule has 1 unspecified atom stereocenters. The number of hydrogen-bond acceptors (Lipinski definition) is 9. The molecule has 1 saturated heterocycles. The number of esters is 1. The first-order chi connectivity index (χ1) is 16.0. The Morgan fingerprint density at radius 3 is 2.76 bits per heavy atom. The van der Waals surface area contributed by atoms with Crippen molar-refractivity contribution < 1.29 is 28.5 Å². The van der Waals surface area contributed by atoms with Crippen molar-refractivity contribution in [3.63, 3.8) is 0 Å². The lowest BCUT2D eigenvalue weighted by atomic mass is 9.95. The Kier molecular flexibility index (Phi) is 6.78. The smallest absolute Gasteiger partial charge is 0.338 e. The quantitative estimate of drug-likeness (QED) is 0.615. The van der Waals surface area contributed by atoms with E-state index in [1.54, 1.807) is 35.6 Å². The fourth-order valence-electron chi connectivity index (χ4n) is 3.89. The van der Waals surface area contributed by atoms with Crippen LogP contribution in [0.3, 0.4) is 0 Å². The highest BCUT2D eigenvalue weighted by Gasteiger charge is 2.34. The molecule has 0 spiro atoms. The van der Waals surface area contributed by atoms with Crippen LogP contribution in [0.15, 0.2) is 35.8 Å². The molecule has 1 N–H and O–H groups in total. The zero-order chi connectivity index (χ0) is 23.4. The van der Waals surface area contributed by atoms with E-state index in [0.29, 0.717) is 55.0 Å². The zero-order valence-corrected chi connectivity index (χ0v) is 18.9. The number of nitrogens with zero attached hydrogens (tertiary/aromatic N) is 4. The van der Waals surface area contributed by atoms with Gasteiger partial charge in [-0.3, -0.25) is 4.79 Å². The van der Waals surface area contributed by atoms with Gasteiger partial charge in [0.1, 0.15) is 12.4 Å². The minimum absolute atomic E-state index is 0.108. The van der Waals surface area contributed by atoms with Gasteiger partial charge in [-0.05, 0) is 31.5 Å². The van der Waals surface area contributed by atoms with Crippen LogP contribution in [0.5, 0.6) is 11.5 Å². The van der Waals surface area contributed by atoms with Gasteiger partial charge in [-0.15, -0.1) is 0 Å². The maximum Gasteiger partial charge on any atom is 0.338 e. The van der Waals surface area contributed by atoms with Crippen molar-refractivity contribution >= 4 is 17.8 Å². The number of aromatic nitrogens is 3. The number of amides is 1. The number of carbonyl (C=O) groups excluding carboxylic acids is 2. The summed E-state index contributed by atoms with van der Waals surface area (Å²) in [5, 5.41) is 7.39. The summed E-state index contributed by atoms with van der Waals surface area (Å²) in [6, 6.07) is 4.73. The van der Waals surface area contributed by atoms with Gasteiger partial charge in [-0.2, -0.15) is 10.1 Å². The summed E-state index contributed by atoms with van der Waals surface area (Å²) in [6.45, 7) is 5.85. The van der Waals surface area contributed by atoms with Crippen LogP contribution >= 0.6 is 0 Å². The molecule has 0 saturated carbocycles. The van der Waals surface area contributed by atoms with Gasteiger partial charge >= 0.3 is 5.97 Å². The summed E-state index contributed by atoms with van der Waals surface area (Å²) in [6.07, 6.45) is 1.42. The average molecular weight is 457 g/mol. The van der Waals surface area contributed by atoms with E-state index in [1.807, 2.05) is 6.07 Å². The lowest BCUT2D eigenvalue weighted by Crippen LogP contribution is -2.43. The largest absolute Gasteiger partial charge is 0.493 e. The summed E-state index contributed by atoms with van der Waals surface area (Å²) in [5.74, 6) is 0.820. The molecule has 11 heteroatoms. The van der Waals surface area contributed by atoms with Gasteiger partial charge in [0.05, 0.1) is 32.5 Å². The number of nitrogens with one attached hydrogen (secondary N) is 1. The Hall–Kier alpha value is -3.60. The van der Waals surface area contributed by atoms with E-state index in [9.17, 15) is 9.59 Å². The monoisotopic (exact) mass is 457 g/mol. The van der Waals surface area contributed by atoms with Gasteiger partial charge in [0.2, 0.25) is 5.95 Å². The Bertz CT molecular complexity index is 1060. The average Bonchev–Trinajstić information content (AvgIpc) is 3.30. The maximum absolute atomic E-state index is 12.8. The third-order valence-electron chi connectivity index (χ3n) is 5.51. The second-order valence-corrected chi connectivity index (χ2v) is 7.51. The van der Waals surface area contributed by atoms with Crippen LogP contribution in [-0.4, -0.2) is 78.2 Å². The van der Waals surface area contributed by atoms with Crippen molar-refractivity contribution in [3.8, 4) is 11.5 Å². The number of rotatable bonds is 7. The summed E-state index contributed by atoms with van der Waals surface area (Å²) >= 11 is 0. The van der Waals surface area contributed by atoms with Gasteiger partial charge in [0, 0.05) is 18.8 Å². The number of ether oxygens (including phenoxy) is 4. The van der Waals surface area contributed by atoms with Crippen LogP contribution in [0.25, 0.3) is 0 Å². The Morgan fingerprint density at radius 1 is 1.24 bits per heavy atom. The number of allylic oxidation sites excluding steroid dienone is 1. The normalized spacial score (nSPS) is 17.8. The summed E-state index contributed by atoms with van der Waals surface area (Å²) < 4.78 is 23.5. The minimum atomic E-state index is -0.569. The summed E-state index contributed by atoms with van der Waals surface area (Å²) in [5.41, 5.74) is 1.79. The van der Waals surface area contributed by atoms with Crippen LogP contribution in [-0.2, 0) is 19.1 Å². The lowest BCUT2D eigenvalue weighted by Gasteiger charge is -2.28. The van der Waals surface area contributed by atoms with Gasteiger partial charge in [-0.1, -0.05) is 6.07 Å². The molecular weight excluding hydrogens is 430 g/mol. The maximum atomic E-state index is 12.8. The fourth-order valence-corrected chi connectivity index (χ4v) is 3.89. The molecule has 1 aromatic carbocycles. The van der Waals surface area contributed by atoms with Crippen molar-refractivity contribution in [1.82, 2.24) is 19.7 Å². The molecule has 3 heterocycles. The number of carbonyl (C=O) groups is 2. The van der Waals surface area contributed by atoms with E-state index in [4.69, 9.17) is 18.9 Å². The number of fused-ring (bicyclic) bond motifs is 1. The second kappa shape index (κ2) is 9.90. The molecule has 1 amide bonds. The highest BCUT2D eigenvalue weighted by Crippen LogP contribution is 2.38. The summed E-state index contributed by atoms with van der Waals surface area (Å²) in [7, 11) is 1.52. The van der Waals surface area contributed by atoms with Crippen LogP contribution < -0.4 is 14.8 Å². The van der Waals surface area contributed by atoms with Crippen molar-refractivity contribution in [2.75, 3.05) is 51.9 Å². The molecule has 2 aliphatic heterocycles. The van der Waals surface area contributed by atoms with Crippen LogP contribution in [0, 0.1) is 0 Å². The molecular formula is C22H27N5O6. The standard InChI is InChI=1S/C22H27N5O6/c1-4-32-21(29)19-14(2)25-22-23-13-24-27(22)20(19)15-5-6-16(17(11-15)30-3)33-12-18(28)26-7-9-31-10-8-26/h5-6,11,13,20H,4,7-10,12H2,1-3H3,(H,23,24,25). The minimum Gasteiger partial charge on any atom is -0.493 e. The molecule has 2 aromatic rings. The molecule has 11 nitrogen and oxygen atoms in total. The number of methoxy groups -OCH3 is 1. The highest BCUT2D eigenvalue weighted by molar-refractivity contribution is 5.92. The SMILES string of the molecule is CCOC(=O)C1=C(C)Nc2ncnn2C1c1ccc(OCC(=O)N2CCOCC2)c(OC)c1. The van der Waals surface area contributed by atoms with E-state index in [2.05, 4.69) is 15.4 Å². The van der Waals surface area contributed by atoms with Gasteiger partial charge < -0.3 is 29.2 Å². The molecule has 0 aliphatic carbocycles. The highest BCUT2D eigenvalue weighted by atomic mass is 16.5. The van der Waals surface area contributed by atoms with E-state index in [0.717, 1.165) is 5.56 Å². The lowest BCUT2D eigenvalue weighted by molar-refractivity contribution is -0.139. The van der Waals surface area contributed by atoms with Crippen molar-refractivity contribution in [1.29, 1.82) is 0 Å². The molecule has 2 aliphatic rings. The Labute approximate surface area is 191 Å². The molecule has 1 atom stereocenters. The van der Waals surface area contributed by atoms with Crippen molar-refractivity contribution in [2.24, 2.45) is 0 Å². The van der Waals surface area contributed by atoms with Crippen molar-refractivity contribution in [2.45, 2.75) is 19.9 Å². The molecule has 0 radical (unpaired) electrons.